The van der Waals surface area contributed by atoms with Gasteiger partial charge in [0.25, 0.3) is 6.71 Å². The van der Waals surface area contributed by atoms with Crippen LogP contribution in [0.1, 0.15) is 105 Å². The van der Waals surface area contributed by atoms with E-state index in [1.807, 2.05) is 12.4 Å². The molecule has 12 rings (SSSR count). The third-order valence-electron chi connectivity index (χ3n) is 14.3. The highest BCUT2D eigenvalue weighted by molar-refractivity contribution is 7.00. The zero-order valence-electron chi connectivity index (χ0n) is 38.2. The minimum absolute atomic E-state index is 0.00351. The maximum atomic E-state index is 5.42. The molecule has 2 aliphatic heterocycles. The lowest BCUT2D eigenvalue weighted by molar-refractivity contribution is 0.590. The quantitative estimate of drug-likeness (QED) is 0.155. The highest BCUT2D eigenvalue weighted by atomic mass is 15.2. The Morgan fingerprint density at radius 3 is 1.55 bits per heavy atom. The minimum atomic E-state index is -0.191. The second kappa shape index (κ2) is 11.9. The van der Waals surface area contributed by atoms with E-state index >= 15 is 0 Å². The van der Waals surface area contributed by atoms with Crippen molar-refractivity contribution in [2.45, 2.75) is 105 Å². The van der Waals surface area contributed by atoms with Crippen LogP contribution < -0.4 is 21.5 Å². The van der Waals surface area contributed by atoms with Crippen molar-refractivity contribution >= 4 is 100 Å². The minimum Gasteiger partial charge on any atom is -0.309 e. The smallest absolute Gasteiger partial charge is 0.298 e. The van der Waals surface area contributed by atoms with Crippen LogP contribution in [0.25, 0.3) is 65.6 Å². The summed E-state index contributed by atoms with van der Waals surface area (Å²) in [5.41, 5.74) is 19.5. The number of aromatic nitrogens is 4. The summed E-state index contributed by atoms with van der Waals surface area (Å²) in [5, 5.41) is 7.67. The van der Waals surface area contributed by atoms with Gasteiger partial charge in [-0.05, 0) is 116 Å². The van der Waals surface area contributed by atoms with E-state index in [4.69, 9.17) is 9.97 Å². The second-order valence-electron chi connectivity index (χ2n) is 22.4. The maximum absolute atomic E-state index is 5.42. The molecule has 10 aromatic rings. The predicted octanol–water partition coefficient (Wildman–Crippen LogP) is 12.5. The molecule has 0 saturated carbocycles. The van der Waals surface area contributed by atoms with Crippen LogP contribution in [-0.2, 0) is 21.7 Å². The molecule has 0 N–H and O–H groups in total. The molecule has 0 saturated heterocycles. The summed E-state index contributed by atoms with van der Waals surface area (Å²) in [6, 6.07) is 37.6. The monoisotopic (exact) mass is 807 g/mol. The summed E-state index contributed by atoms with van der Waals surface area (Å²) in [5.74, 6) is 0. The molecular weight excluding hydrogens is 753 g/mol. The molecule has 5 aromatic carbocycles. The molecule has 7 heterocycles. The molecule has 5 nitrogen and oxygen atoms in total. The normalized spacial score (nSPS) is 14.4. The highest BCUT2D eigenvalue weighted by Crippen LogP contribution is 2.52. The van der Waals surface area contributed by atoms with Gasteiger partial charge in [0.15, 0.2) is 0 Å². The van der Waals surface area contributed by atoms with Gasteiger partial charge < -0.3 is 13.9 Å². The number of rotatable bonds is 1. The van der Waals surface area contributed by atoms with Gasteiger partial charge >= 0.3 is 0 Å². The van der Waals surface area contributed by atoms with Crippen LogP contribution in [0.5, 0.6) is 0 Å². The molecule has 6 heteroatoms. The SMILES string of the molecule is CC(C)(C)c1ccc(N2c3cccnc3B3c4c2c2c5cc(C(C)(C)C)ccc5n5c6ccc(C(C)(C)C)cc6c(c4-n4c6ccc(C(C)(C)C)cc6c6ccnc3c64)c25)cc1. The molecular formula is C56H54BN5. The van der Waals surface area contributed by atoms with Crippen LogP contribution in [0.15, 0.2) is 109 Å². The van der Waals surface area contributed by atoms with Crippen LogP contribution in [-0.4, -0.2) is 25.6 Å². The number of benzene rings is 5. The molecule has 0 atom stereocenters. The number of pyridine rings is 2. The summed E-state index contributed by atoms with van der Waals surface area (Å²) in [6.45, 7) is 27.6. The molecule has 5 aromatic heterocycles. The first-order valence-corrected chi connectivity index (χ1v) is 22.5. The highest BCUT2D eigenvalue weighted by Gasteiger charge is 2.47. The van der Waals surface area contributed by atoms with E-state index in [1.54, 1.807) is 0 Å². The third-order valence-corrected chi connectivity index (χ3v) is 14.3. The Bertz CT molecular complexity index is 3560. The van der Waals surface area contributed by atoms with Crippen molar-refractivity contribution in [1.82, 2.24) is 18.9 Å². The lowest BCUT2D eigenvalue weighted by atomic mass is 9.36. The van der Waals surface area contributed by atoms with Gasteiger partial charge in [0.2, 0.25) is 0 Å². The summed E-state index contributed by atoms with van der Waals surface area (Å²) in [4.78, 5) is 13.3. The number of nitrogens with zero attached hydrogens (tertiary/aromatic N) is 5. The molecule has 0 radical (unpaired) electrons. The largest absolute Gasteiger partial charge is 0.309 e. The van der Waals surface area contributed by atoms with E-state index in [0.29, 0.717) is 0 Å². The Balaban J connectivity index is 1.37. The summed E-state index contributed by atoms with van der Waals surface area (Å²) in [6.07, 6.45) is 4.02. The fourth-order valence-electron chi connectivity index (χ4n) is 11.0. The number of anilines is 3. The zero-order valence-corrected chi connectivity index (χ0v) is 38.2. The Morgan fingerprint density at radius 1 is 0.452 bits per heavy atom. The molecule has 2 aliphatic rings. The number of hydrogen-bond acceptors (Lipinski definition) is 3. The van der Waals surface area contributed by atoms with Gasteiger partial charge in [-0.25, -0.2) is 0 Å². The molecule has 0 fully saturated rings. The standard InChI is InChI=1S/C56H54BN5/c1-53(2,3)31-15-20-35(21-16-31)60-43-14-13-26-58-51(43)57-46-49(60)44-38-29-33(55(7,8)9)18-23-41(38)61-42-24-19-34(56(10,11)12)30-39(42)45(48(44)61)50(46)62-40-22-17-32(54(4,5)6)28-37(40)36-25-27-59-52(57)47(36)62/h13-30H,1-12H3. The Morgan fingerprint density at radius 2 is 0.968 bits per heavy atom. The van der Waals surface area contributed by atoms with Gasteiger partial charge in [0, 0.05) is 61.6 Å². The van der Waals surface area contributed by atoms with E-state index in [2.05, 4.69) is 194 Å². The Kier molecular flexibility index (Phi) is 7.19. The maximum Gasteiger partial charge on any atom is 0.298 e. The number of fused-ring (bicyclic) bond motifs is 15. The molecule has 62 heavy (non-hydrogen) atoms. The lowest BCUT2D eigenvalue weighted by Gasteiger charge is -2.40. The number of hydrogen-bond donors (Lipinski definition) is 0. The van der Waals surface area contributed by atoms with Crippen molar-refractivity contribution in [1.29, 1.82) is 0 Å². The first kappa shape index (κ1) is 37.6. The second-order valence-corrected chi connectivity index (χ2v) is 22.4. The predicted molar refractivity (Wildman–Crippen MR) is 265 cm³/mol. The third kappa shape index (κ3) is 4.87. The van der Waals surface area contributed by atoms with E-state index in [0.717, 1.165) is 22.6 Å². The van der Waals surface area contributed by atoms with Crippen LogP contribution in [0.2, 0.25) is 0 Å². The fourth-order valence-corrected chi connectivity index (χ4v) is 11.0. The van der Waals surface area contributed by atoms with Crippen molar-refractivity contribution in [3.63, 3.8) is 0 Å². The van der Waals surface area contributed by atoms with E-state index < -0.39 is 0 Å². The first-order valence-electron chi connectivity index (χ1n) is 22.5. The van der Waals surface area contributed by atoms with E-state index in [9.17, 15) is 0 Å². The first-order chi connectivity index (χ1) is 29.3. The fraction of sp³-hybridized carbons (Fsp3) is 0.286. The van der Waals surface area contributed by atoms with Gasteiger partial charge in [0.05, 0.1) is 44.6 Å². The van der Waals surface area contributed by atoms with Crippen molar-refractivity contribution in [2.24, 2.45) is 0 Å². The van der Waals surface area contributed by atoms with Crippen LogP contribution in [0.4, 0.5) is 17.1 Å². The van der Waals surface area contributed by atoms with Crippen LogP contribution in [0, 0.1) is 0 Å². The van der Waals surface area contributed by atoms with E-state index in [-0.39, 0.29) is 28.4 Å². The van der Waals surface area contributed by atoms with Crippen molar-refractivity contribution in [2.75, 3.05) is 4.90 Å². The molecule has 0 amide bonds. The van der Waals surface area contributed by atoms with Crippen LogP contribution in [0.3, 0.4) is 0 Å². The summed E-state index contributed by atoms with van der Waals surface area (Å²) in [7, 11) is 0. The molecule has 0 spiro atoms. The lowest BCUT2D eigenvalue weighted by Crippen LogP contribution is -2.62. The summed E-state index contributed by atoms with van der Waals surface area (Å²) >= 11 is 0. The Hall–Kier alpha value is -6.14. The van der Waals surface area contributed by atoms with Gasteiger partial charge in [-0.15, -0.1) is 0 Å². The summed E-state index contributed by atoms with van der Waals surface area (Å²) < 4.78 is 5.21. The molecule has 0 unspecified atom stereocenters. The van der Waals surface area contributed by atoms with Gasteiger partial charge in [-0.3, -0.25) is 9.97 Å². The van der Waals surface area contributed by atoms with Gasteiger partial charge in [0.1, 0.15) is 0 Å². The van der Waals surface area contributed by atoms with E-state index in [1.165, 1.54) is 99.0 Å². The van der Waals surface area contributed by atoms with Crippen molar-refractivity contribution in [3.05, 3.63) is 132 Å². The average Bonchev–Trinajstić information content (AvgIpc) is 3.86. The average molecular weight is 808 g/mol. The van der Waals surface area contributed by atoms with Crippen LogP contribution >= 0.6 is 0 Å². The van der Waals surface area contributed by atoms with Gasteiger partial charge in [-0.2, -0.15) is 0 Å². The zero-order chi connectivity index (χ0) is 43.2. The molecule has 0 bridgehead atoms. The molecule has 0 aliphatic carbocycles. The van der Waals surface area contributed by atoms with Crippen molar-refractivity contribution in [3.8, 4) is 5.69 Å². The Labute approximate surface area is 364 Å². The van der Waals surface area contributed by atoms with Crippen molar-refractivity contribution < 1.29 is 0 Å². The topological polar surface area (TPSA) is 38.4 Å². The molecule has 306 valence electrons. The van der Waals surface area contributed by atoms with Gasteiger partial charge in [-0.1, -0.05) is 113 Å².